The van der Waals surface area contributed by atoms with Gasteiger partial charge in [0.15, 0.2) is 5.52 Å². The van der Waals surface area contributed by atoms with Gasteiger partial charge in [-0.3, -0.25) is 0 Å². The highest BCUT2D eigenvalue weighted by molar-refractivity contribution is 5.66. The van der Waals surface area contributed by atoms with E-state index in [0.29, 0.717) is 5.71 Å². The first kappa shape index (κ1) is 4.55. The van der Waals surface area contributed by atoms with Crippen LogP contribution in [-0.4, -0.2) is 15.0 Å². The van der Waals surface area contributed by atoms with Crippen LogP contribution in [0.4, 0.5) is 0 Å². The molecule has 2 aromatic heterocycles. The Morgan fingerprint density at radius 3 is 3.22 bits per heavy atom. The van der Waals surface area contributed by atoms with Crippen LogP contribution in [0, 0.1) is 0 Å². The predicted molar refractivity (Wildman–Crippen MR) is 30.8 cm³/mol. The zero-order chi connectivity index (χ0) is 6.27. The van der Waals surface area contributed by atoms with Gasteiger partial charge in [0.1, 0.15) is 0 Å². The second kappa shape index (κ2) is 1.34. The fourth-order valence-corrected chi connectivity index (χ4v) is 0.755. The maximum atomic E-state index is 4.94. The van der Waals surface area contributed by atoms with Crippen molar-refractivity contribution in [3.63, 3.8) is 0 Å². The molecule has 0 unspecified atom stereocenters. The maximum Gasteiger partial charge on any atom is 0.266 e. The Hall–Kier alpha value is -1.32. The fraction of sp³-hybridized carbons (Fsp3) is 0.200. The van der Waals surface area contributed by atoms with Crippen molar-refractivity contribution < 1.29 is 4.42 Å². The Kier molecular flexibility index (Phi) is 0.677. The third-order valence-electron chi connectivity index (χ3n) is 1.11. The minimum atomic E-state index is 0.595. The van der Waals surface area contributed by atoms with Crippen molar-refractivity contribution >= 4 is 11.2 Å². The van der Waals surface area contributed by atoms with Crippen LogP contribution in [0.5, 0.6) is 0 Å². The molecule has 0 amide bonds. The van der Waals surface area contributed by atoms with Crippen molar-refractivity contribution in [3.8, 4) is 0 Å². The van der Waals surface area contributed by atoms with E-state index < -0.39 is 0 Å². The summed E-state index contributed by atoms with van der Waals surface area (Å²) in [4.78, 5) is 1.48. The average molecular weight is 123 g/mol. The molecule has 0 N–H and O–H groups in total. The minimum absolute atomic E-state index is 0.595. The third kappa shape index (κ3) is 0.526. The van der Waals surface area contributed by atoms with Gasteiger partial charge >= 0.3 is 0 Å². The molecular formula is C5H5N3O. The first-order valence-electron chi connectivity index (χ1n) is 2.61. The summed E-state index contributed by atoms with van der Waals surface area (Å²) < 4.78 is 4.94. The van der Waals surface area contributed by atoms with Crippen LogP contribution in [0.25, 0.3) is 11.2 Å². The molecule has 0 aliphatic rings. The van der Waals surface area contributed by atoms with Gasteiger partial charge in [-0.05, 0) is 0 Å². The summed E-state index contributed by atoms with van der Waals surface area (Å²) >= 11 is 0. The predicted octanol–water partition coefficient (Wildman–Crippen LogP) is 0.561. The monoisotopic (exact) mass is 123 g/mol. The lowest BCUT2D eigenvalue weighted by atomic mass is 10.6. The second-order valence-corrected chi connectivity index (χ2v) is 1.80. The fourth-order valence-electron chi connectivity index (χ4n) is 0.755. The van der Waals surface area contributed by atoms with Gasteiger partial charge in [-0.2, -0.15) is 4.80 Å². The number of rotatable bonds is 0. The molecule has 0 saturated heterocycles. The van der Waals surface area contributed by atoms with Crippen molar-refractivity contribution in [1.82, 2.24) is 15.0 Å². The molecule has 0 radical (unpaired) electrons. The Balaban J connectivity index is 2.92. The van der Waals surface area contributed by atoms with Gasteiger partial charge in [0.25, 0.3) is 5.71 Å². The molecular weight excluding hydrogens is 118 g/mol. The highest BCUT2D eigenvalue weighted by Crippen LogP contribution is 2.06. The van der Waals surface area contributed by atoms with Gasteiger partial charge in [0.05, 0.1) is 6.26 Å². The van der Waals surface area contributed by atoms with Crippen molar-refractivity contribution in [3.05, 3.63) is 12.3 Å². The molecule has 46 valence electrons. The van der Waals surface area contributed by atoms with E-state index in [4.69, 9.17) is 4.42 Å². The molecule has 4 heteroatoms. The van der Waals surface area contributed by atoms with E-state index in [0.717, 1.165) is 5.52 Å². The molecule has 0 aliphatic heterocycles. The van der Waals surface area contributed by atoms with Gasteiger partial charge in [0, 0.05) is 13.1 Å². The van der Waals surface area contributed by atoms with Gasteiger partial charge in [-0.15, -0.1) is 10.2 Å². The smallest absolute Gasteiger partial charge is 0.266 e. The van der Waals surface area contributed by atoms with Crippen LogP contribution in [0.15, 0.2) is 16.7 Å². The molecule has 2 heterocycles. The number of furan rings is 1. The van der Waals surface area contributed by atoms with Gasteiger partial charge in [0.2, 0.25) is 0 Å². The van der Waals surface area contributed by atoms with Crippen LogP contribution >= 0.6 is 0 Å². The van der Waals surface area contributed by atoms with Crippen molar-refractivity contribution in [2.75, 3.05) is 0 Å². The minimum Gasteiger partial charge on any atom is -0.444 e. The van der Waals surface area contributed by atoms with Gasteiger partial charge in [-0.1, -0.05) is 0 Å². The number of nitrogens with zero attached hydrogens (tertiary/aromatic N) is 3. The molecule has 0 saturated carbocycles. The van der Waals surface area contributed by atoms with E-state index in [1.54, 1.807) is 19.4 Å². The molecule has 0 spiro atoms. The first-order valence-corrected chi connectivity index (χ1v) is 2.61. The molecule has 2 aromatic rings. The molecule has 0 aliphatic carbocycles. The van der Waals surface area contributed by atoms with E-state index >= 15 is 0 Å². The van der Waals surface area contributed by atoms with Crippen LogP contribution in [0.2, 0.25) is 0 Å². The van der Waals surface area contributed by atoms with Gasteiger partial charge < -0.3 is 4.42 Å². The van der Waals surface area contributed by atoms with Crippen LogP contribution in [-0.2, 0) is 7.05 Å². The highest BCUT2D eigenvalue weighted by Gasteiger charge is 1.99. The second-order valence-electron chi connectivity index (χ2n) is 1.80. The van der Waals surface area contributed by atoms with E-state index in [2.05, 4.69) is 10.2 Å². The van der Waals surface area contributed by atoms with E-state index in [-0.39, 0.29) is 0 Å². The highest BCUT2D eigenvalue weighted by atomic mass is 16.3. The lowest BCUT2D eigenvalue weighted by Gasteiger charge is -1.77. The molecule has 0 aromatic carbocycles. The van der Waals surface area contributed by atoms with Crippen molar-refractivity contribution in [1.29, 1.82) is 0 Å². The van der Waals surface area contributed by atoms with E-state index in [1.807, 2.05) is 0 Å². The molecule has 2 rings (SSSR count). The van der Waals surface area contributed by atoms with Crippen molar-refractivity contribution in [2.24, 2.45) is 7.05 Å². The van der Waals surface area contributed by atoms with Gasteiger partial charge in [-0.25, -0.2) is 0 Å². The molecule has 9 heavy (non-hydrogen) atoms. The molecule has 0 atom stereocenters. The molecule has 4 nitrogen and oxygen atoms in total. The Morgan fingerprint density at radius 1 is 1.56 bits per heavy atom. The summed E-state index contributed by atoms with van der Waals surface area (Å²) in [5.74, 6) is 0. The van der Waals surface area contributed by atoms with Crippen molar-refractivity contribution in [2.45, 2.75) is 0 Å². The summed E-state index contributed by atoms with van der Waals surface area (Å²) in [6, 6.07) is 1.78. The van der Waals surface area contributed by atoms with E-state index in [1.165, 1.54) is 4.80 Å². The number of hydrogen-bond acceptors (Lipinski definition) is 3. The number of fused-ring (bicyclic) bond motifs is 1. The maximum absolute atomic E-state index is 4.94. The summed E-state index contributed by atoms with van der Waals surface area (Å²) in [6.45, 7) is 0. The number of aryl methyl sites for hydroxylation is 1. The number of aromatic nitrogens is 3. The zero-order valence-electron chi connectivity index (χ0n) is 4.90. The largest absolute Gasteiger partial charge is 0.444 e. The average Bonchev–Trinajstić information content (AvgIpc) is 2.22. The number of hydrogen-bond donors (Lipinski definition) is 0. The van der Waals surface area contributed by atoms with E-state index in [9.17, 15) is 0 Å². The quantitative estimate of drug-likeness (QED) is 0.514. The summed E-state index contributed by atoms with van der Waals surface area (Å²) in [6.07, 6.45) is 1.57. The molecule has 0 fully saturated rings. The standard InChI is InChI=1S/C5H5N3O/c1-8-6-4-2-3-9-5(4)7-8/h2-3H,1H3. The normalized spacial score (nSPS) is 10.8. The van der Waals surface area contributed by atoms with Crippen LogP contribution < -0.4 is 0 Å². The third-order valence-corrected chi connectivity index (χ3v) is 1.11. The summed E-state index contributed by atoms with van der Waals surface area (Å²) in [5, 5.41) is 7.90. The summed E-state index contributed by atoms with van der Waals surface area (Å²) in [7, 11) is 1.76. The Bertz CT molecular complexity index is 293. The zero-order valence-corrected chi connectivity index (χ0v) is 4.90. The Labute approximate surface area is 51.1 Å². The molecule has 0 bridgehead atoms. The first-order chi connectivity index (χ1) is 4.36. The van der Waals surface area contributed by atoms with Crippen LogP contribution in [0.1, 0.15) is 0 Å². The topological polar surface area (TPSA) is 43.9 Å². The summed E-state index contributed by atoms with van der Waals surface area (Å²) in [5.41, 5.74) is 1.40. The lowest BCUT2D eigenvalue weighted by molar-refractivity contribution is 0.574. The SMILES string of the molecule is Cn1nc2ccoc2n1. The Morgan fingerprint density at radius 2 is 2.44 bits per heavy atom. The van der Waals surface area contributed by atoms with Crippen LogP contribution in [0.3, 0.4) is 0 Å². The lowest BCUT2D eigenvalue weighted by Crippen LogP contribution is -1.90.